The highest BCUT2D eigenvalue weighted by atomic mass is 19.1. The number of rotatable bonds is 1. The summed E-state index contributed by atoms with van der Waals surface area (Å²) < 4.78 is 14.1. The summed E-state index contributed by atoms with van der Waals surface area (Å²) in [5.74, 6) is 0.677. The van der Waals surface area contributed by atoms with E-state index in [1.165, 1.54) is 19.4 Å². The predicted octanol–water partition coefficient (Wildman–Crippen LogP) is 3.00. The highest BCUT2D eigenvalue weighted by Gasteiger charge is 2.73. The van der Waals surface area contributed by atoms with Gasteiger partial charge in [-0.3, -0.25) is 4.90 Å². The van der Waals surface area contributed by atoms with Crippen LogP contribution in [0.1, 0.15) is 46.5 Å². The van der Waals surface area contributed by atoms with Crippen molar-refractivity contribution in [1.82, 2.24) is 4.90 Å². The second-order valence-electron chi connectivity index (χ2n) is 6.61. The minimum absolute atomic E-state index is 0.0394. The molecular weight excluding hydrogens is 189 g/mol. The zero-order valence-corrected chi connectivity index (χ0v) is 10.1. The van der Waals surface area contributed by atoms with Crippen LogP contribution in [0.5, 0.6) is 0 Å². The first-order valence-corrected chi connectivity index (χ1v) is 6.36. The molecule has 0 bridgehead atoms. The molecule has 0 N–H and O–H groups in total. The van der Waals surface area contributed by atoms with Gasteiger partial charge in [0, 0.05) is 17.5 Å². The quantitative estimate of drug-likeness (QED) is 0.644. The average Bonchev–Trinajstić information content (AvgIpc) is 2.46. The van der Waals surface area contributed by atoms with E-state index in [1.54, 1.807) is 0 Å². The van der Waals surface area contributed by atoms with Gasteiger partial charge < -0.3 is 0 Å². The lowest BCUT2D eigenvalue weighted by Gasteiger charge is -2.36. The van der Waals surface area contributed by atoms with Crippen LogP contribution >= 0.6 is 0 Å². The summed E-state index contributed by atoms with van der Waals surface area (Å²) >= 11 is 0. The molecular formula is C13H22FN. The Balaban J connectivity index is 1.90. The molecule has 2 aliphatic heterocycles. The van der Waals surface area contributed by atoms with E-state index < -0.39 is 5.67 Å². The smallest absolute Gasteiger partial charge is 0.116 e. The van der Waals surface area contributed by atoms with E-state index >= 15 is 0 Å². The predicted molar refractivity (Wildman–Crippen MR) is 59.6 cm³/mol. The average molecular weight is 211 g/mol. The molecule has 1 nitrogen and oxygen atoms in total. The highest BCUT2D eigenvalue weighted by molar-refractivity contribution is 5.24. The van der Waals surface area contributed by atoms with Crippen LogP contribution in [0, 0.1) is 11.3 Å². The third-order valence-corrected chi connectivity index (χ3v) is 5.53. The molecule has 3 aliphatic rings. The van der Waals surface area contributed by atoms with E-state index in [0.29, 0.717) is 11.5 Å². The van der Waals surface area contributed by atoms with Crippen LogP contribution in [-0.2, 0) is 0 Å². The van der Waals surface area contributed by atoms with Gasteiger partial charge in [-0.1, -0.05) is 13.8 Å². The zero-order chi connectivity index (χ0) is 10.9. The maximum absolute atomic E-state index is 14.1. The van der Waals surface area contributed by atoms with E-state index in [-0.39, 0.29) is 5.41 Å². The van der Waals surface area contributed by atoms with E-state index in [1.807, 2.05) is 6.92 Å². The lowest BCUT2D eigenvalue weighted by atomic mass is 9.79. The number of halogens is 1. The summed E-state index contributed by atoms with van der Waals surface area (Å²) in [5, 5.41) is 0. The van der Waals surface area contributed by atoms with Crippen molar-refractivity contribution in [2.24, 2.45) is 11.3 Å². The standard InChI is InChI=1S/C13H22FN/c1-10(2)13-5-4-6-15(13)9-12(8-13)7-11(12,3)14/h10H,4-9H2,1-3H3. The van der Waals surface area contributed by atoms with Gasteiger partial charge in [-0.2, -0.15) is 0 Å². The molecule has 3 unspecified atom stereocenters. The first kappa shape index (κ1) is 10.1. The van der Waals surface area contributed by atoms with Crippen molar-refractivity contribution in [3.8, 4) is 0 Å². The Morgan fingerprint density at radius 1 is 1.27 bits per heavy atom. The van der Waals surface area contributed by atoms with Crippen molar-refractivity contribution in [2.45, 2.75) is 57.7 Å². The van der Waals surface area contributed by atoms with E-state index in [2.05, 4.69) is 18.7 Å². The topological polar surface area (TPSA) is 3.24 Å². The van der Waals surface area contributed by atoms with Crippen molar-refractivity contribution in [1.29, 1.82) is 0 Å². The number of alkyl halides is 1. The maximum atomic E-state index is 14.1. The molecule has 1 saturated carbocycles. The van der Waals surface area contributed by atoms with Crippen LogP contribution in [-0.4, -0.2) is 29.2 Å². The van der Waals surface area contributed by atoms with E-state index in [4.69, 9.17) is 0 Å². The van der Waals surface area contributed by atoms with Gasteiger partial charge in [-0.05, 0) is 45.1 Å². The summed E-state index contributed by atoms with van der Waals surface area (Å²) in [5.41, 5.74) is -0.471. The van der Waals surface area contributed by atoms with Gasteiger partial charge in [0.15, 0.2) is 0 Å². The molecule has 3 rings (SSSR count). The van der Waals surface area contributed by atoms with Crippen molar-refractivity contribution < 1.29 is 4.39 Å². The first-order valence-electron chi connectivity index (χ1n) is 6.36. The van der Waals surface area contributed by atoms with Crippen molar-refractivity contribution >= 4 is 0 Å². The Kier molecular flexibility index (Phi) is 1.73. The summed E-state index contributed by atoms with van der Waals surface area (Å²) in [4.78, 5) is 2.60. The number of fused-ring (bicyclic) bond motifs is 1. The van der Waals surface area contributed by atoms with Crippen LogP contribution in [0.25, 0.3) is 0 Å². The molecule has 15 heavy (non-hydrogen) atoms. The SMILES string of the molecule is CC(C)C12CCCN1CC1(C2)CC1(C)F. The molecule has 0 radical (unpaired) electrons. The number of nitrogens with zero attached hydrogens (tertiary/aromatic N) is 1. The highest BCUT2D eigenvalue weighted by Crippen LogP contribution is 2.69. The van der Waals surface area contributed by atoms with Crippen LogP contribution < -0.4 is 0 Å². The molecule has 1 aliphatic carbocycles. The fourth-order valence-corrected chi connectivity index (χ4v) is 4.32. The molecule has 2 heterocycles. The summed E-state index contributed by atoms with van der Waals surface area (Å²) in [6, 6.07) is 0. The molecule has 0 aromatic carbocycles. The summed E-state index contributed by atoms with van der Waals surface area (Å²) in [6.07, 6.45) is 4.54. The normalized spacial score (nSPS) is 54.2. The molecule has 0 aromatic heterocycles. The van der Waals surface area contributed by atoms with Crippen molar-refractivity contribution in [2.75, 3.05) is 13.1 Å². The Morgan fingerprint density at radius 2 is 1.93 bits per heavy atom. The van der Waals surface area contributed by atoms with Gasteiger partial charge in [0.05, 0.1) is 0 Å². The Hall–Kier alpha value is -0.110. The maximum Gasteiger partial charge on any atom is 0.116 e. The Bertz CT molecular complexity index is 299. The second-order valence-corrected chi connectivity index (χ2v) is 6.61. The molecule has 0 amide bonds. The van der Waals surface area contributed by atoms with Crippen LogP contribution in [0.4, 0.5) is 4.39 Å². The number of hydrogen-bond acceptors (Lipinski definition) is 1. The monoisotopic (exact) mass is 211 g/mol. The molecule has 3 fully saturated rings. The van der Waals surface area contributed by atoms with Crippen molar-refractivity contribution in [3.05, 3.63) is 0 Å². The molecule has 1 spiro atoms. The molecule has 2 heteroatoms. The fraction of sp³-hybridized carbons (Fsp3) is 1.00. The molecule has 0 aromatic rings. The summed E-state index contributed by atoms with van der Waals surface area (Å²) in [7, 11) is 0. The lowest BCUT2D eigenvalue weighted by Crippen LogP contribution is -2.42. The van der Waals surface area contributed by atoms with Gasteiger partial charge in [0.25, 0.3) is 0 Å². The third-order valence-electron chi connectivity index (χ3n) is 5.53. The van der Waals surface area contributed by atoms with Gasteiger partial charge in [-0.25, -0.2) is 4.39 Å². The van der Waals surface area contributed by atoms with E-state index in [0.717, 1.165) is 19.4 Å². The number of hydrogen-bond donors (Lipinski definition) is 0. The summed E-state index contributed by atoms with van der Waals surface area (Å²) in [6.45, 7) is 8.67. The van der Waals surface area contributed by atoms with Gasteiger partial charge in [0.2, 0.25) is 0 Å². The Morgan fingerprint density at radius 3 is 2.40 bits per heavy atom. The second kappa shape index (κ2) is 2.58. The lowest BCUT2D eigenvalue weighted by molar-refractivity contribution is 0.136. The zero-order valence-electron chi connectivity index (χ0n) is 10.1. The van der Waals surface area contributed by atoms with Crippen LogP contribution in [0.2, 0.25) is 0 Å². The fourth-order valence-electron chi connectivity index (χ4n) is 4.32. The third kappa shape index (κ3) is 1.07. The van der Waals surface area contributed by atoms with Crippen LogP contribution in [0.15, 0.2) is 0 Å². The first-order chi connectivity index (χ1) is 6.92. The van der Waals surface area contributed by atoms with Crippen LogP contribution in [0.3, 0.4) is 0 Å². The van der Waals surface area contributed by atoms with Gasteiger partial charge in [-0.15, -0.1) is 0 Å². The minimum atomic E-state index is -0.862. The molecule has 86 valence electrons. The molecule has 3 atom stereocenters. The largest absolute Gasteiger partial charge is 0.297 e. The van der Waals surface area contributed by atoms with Gasteiger partial charge >= 0.3 is 0 Å². The van der Waals surface area contributed by atoms with Gasteiger partial charge in [0.1, 0.15) is 5.67 Å². The molecule has 2 saturated heterocycles. The van der Waals surface area contributed by atoms with E-state index in [9.17, 15) is 4.39 Å². The Labute approximate surface area is 92.0 Å². The van der Waals surface area contributed by atoms with Crippen molar-refractivity contribution in [3.63, 3.8) is 0 Å². The minimum Gasteiger partial charge on any atom is -0.297 e.